The summed E-state index contributed by atoms with van der Waals surface area (Å²) in [6.45, 7) is 1.45. The smallest absolute Gasteiger partial charge is 0.370 e. The van der Waals surface area contributed by atoms with Crippen molar-refractivity contribution in [3.05, 3.63) is 47.0 Å². The highest BCUT2D eigenvalue weighted by Crippen LogP contribution is 2.38. The molecule has 0 spiro atoms. The molecule has 4 nitrogen and oxygen atoms in total. The number of thiocarbonyl (C=S) groups is 1. The van der Waals surface area contributed by atoms with Crippen LogP contribution < -0.4 is 4.90 Å². The van der Waals surface area contributed by atoms with Crippen molar-refractivity contribution in [3.63, 3.8) is 0 Å². The van der Waals surface area contributed by atoms with E-state index in [4.69, 9.17) is 11.6 Å². The van der Waals surface area contributed by atoms with Crippen LogP contribution >= 0.6 is 23.8 Å². The fraction of sp³-hybridized carbons (Fsp3) is 0.316. The molecule has 3 rings (SSSR count). The molecule has 1 aliphatic heterocycles. The number of hydrogen-bond acceptors (Lipinski definition) is 5. The minimum Gasteiger partial charge on any atom is -0.370 e. The lowest BCUT2D eigenvalue weighted by Gasteiger charge is -2.30. The zero-order chi connectivity index (χ0) is 21.2. The largest absolute Gasteiger partial charge is 0.417 e. The lowest BCUT2D eigenvalue weighted by molar-refractivity contribution is -0.137. The molecule has 1 heterocycles. The van der Waals surface area contributed by atoms with Crippen molar-refractivity contribution in [1.29, 1.82) is 0 Å². The molecule has 0 aliphatic carbocycles. The molecule has 29 heavy (non-hydrogen) atoms. The van der Waals surface area contributed by atoms with Crippen molar-refractivity contribution in [3.8, 4) is 0 Å². The van der Waals surface area contributed by atoms with Crippen LogP contribution in [0.25, 0.3) is 0 Å². The number of anilines is 1. The molecular weight excluding hydrogens is 445 g/mol. The molecule has 1 saturated heterocycles. The standard InChI is InChI=1S/C19H16ClF3N2O2S2/c20-16-6-4-13(10-15(16)19(21,22)23)29(26,27)14-5-7-17(24-12-28)18(11-14)25-8-2-1-3-9-25/h4-7,10-11H,1-3,8-9H2. The first-order valence-corrected chi connectivity index (χ1v) is 11.0. The second-order valence-corrected chi connectivity index (χ2v) is 9.08. The third-order valence-electron chi connectivity index (χ3n) is 4.67. The molecule has 2 aromatic rings. The van der Waals surface area contributed by atoms with Crippen LogP contribution in [0.2, 0.25) is 5.02 Å². The van der Waals surface area contributed by atoms with Crippen LogP contribution in [0.3, 0.4) is 0 Å². The van der Waals surface area contributed by atoms with Crippen LogP contribution in [0.4, 0.5) is 24.5 Å². The van der Waals surface area contributed by atoms with Gasteiger partial charge in [0.1, 0.15) is 0 Å². The van der Waals surface area contributed by atoms with E-state index in [2.05, 4.69) is 22.4 Å². The average Bonchev–Trinajstić information content (AvgIpc) is 2.68. The SMILES string of the molecule is O=S(=O)(c1ccc(N=C=S)c(N2CCCCC2)c1)c1ccc(Cl)c(C(F)(F)F)c1. The first-order valence-electron chi connectivity index (χ1n) is 8.73. The van der Waals surface area contributed by atoms with Crippen molar-refractivity contribution in [2.24, 2.45) is 4.99 Å². The molecule has 1 fully saturated rings. The van der Waals surface area contributed by atoms with E-state index < -0.39 is 31.5 Å². The van der Waals surface area contributed by atoms with E-state index in [0.29, 0.717) is 17.4 Å². The van der Waals surface area contributed by atoms with Gasteiger partial charge < -0.3 is 4.90 Å². The summed E-state index contributed by atoms with van der Waals surface area (Å²) in [4.78, 5) is 5.39. The van der Waals surface area contributed by atoms with E-state index in [1.807, 2.05) is 4.90 Å². The lowest BCUT2D eigenvalue weighted by Crippen LogP contribution is -2.29. The molecule has 0 atom stereocenters. The topological polar surface area (TPSA) is 49.7 Å². The van der Waals surface area contributed by atoms with Gasteiger partial charge >= 0.3 is 6.18 Å². The van der Waals surface area contributed by atoms with Crippen molar-refractivity contribution in [2.75, 3.05) is 18.0 Å². The molecule has 0 radical (unpaired) electrons. The summed E-state index contributed by atoms with van der Waals surface area (Å²) in [5.41, 5.74) is -0.167. The molecule has 0 N–H and O–H groups in total. The van der Waals surface area contributed by atoms with Gasteiger partial charge in [0, 0.05) is 13.1 Å². The molecule has 0 aromatic heterocycles. The number of aliphatic imine (C=N–C) groups is 1. The normalized spacial score (nSPS) is 15.1. The van der Waals surface area contributed by atoms with E-state index in [-0.39, 0.29) is 4.90 Å². The first-order chi connectivity index (χ1) is 13.6. The van der Waals surface area contributed by atoms with Crippen LogP contribution in [0, 0.1) is 0 Å². The molecule has 2 aromatic carbocycles. The summed E-state index contributed by atoms with van der Waals surface area (Å²) in [5, 5.41) is 1.72. The summed E-state index contributed by atoms with van der Waals surface area (Å²) in [6.07, 6.45) is -1.79. The van der Waals surface area contributed by atoms with Gasteiger partial charge in [0.15, 0.2) is 0 Å². The number of nitrogens with zero attached hydrogens (tertiary/aromatic N) is 2. The minimum absolute atomic E-state index is 0.128. The van der Waals surface area contributed by atoms with Crippen LogP contribution in [0.1, 0.15) is 24.8 Å². The molecule has 154 valence electrons. The van der Waals surface area contributed by atoms with Crippen molar-refractivity contribution in [1.82, 2.24) is 0 Å². The highest BCUT2D eigenvalue weighted by atomic mass is 35.5. The van der Waals surface area contributed by atoms with Crippen LogP contribution in [0.5, 0.6) is 0 Å². The third kappa shape index (κ3) is 4.64. The Balaban J connectivity index is 2.11. The van der Waals surface area contributed by atoms with E-state index in [9.17, 15) is 21.6 Å². The fourth-order valence-corrected chi connectivity index (χ4v) is 4.86. The second-order valence-electron chi connectivity index (χ2n) is 6.54. The lowest BCUT2D eigenvalue weighted by atomic mass is 10.1. The van der Waals surface area contributed by atoms with Crippen molar-refractivity contribution < 1.29 is 21.6 Å². The first kappa shape index (κ1) is 21.8. The molecule has 1 aliphatic rings. The Kier molecular flexibility index (Phi) is 6.33. The van der Waals surface area contributed by atoms with E-state index in [1.54, 1.807) is 0 Å². The molecule has 0 amide bonds. The van der Waals surface area contributed by atoms with Crippen LogP contribution in [0.15, 0.2) is 51.2 Å². The number of isothiocyanates is 1. The number of rotatable bonds is 4. The summed E-state index contributed by atoms with van der Waals surface area (Å²) < 4.78 is 65.5. The zero-order valence-electron chi connectivity index (χ0n) is 15.0. The summed E-state index contributed by atoms with van der Waals surface area (Å²) >= 11 is 10.3. The van der Waals surface area contributed by atoms with Gasteiger partial charge in [-0.15, -0.1) is 0 Å². The van der Waals surface area contributed by atoms with Gasteiger partial charge in [-0.05, 0) is 67.9 Å². The number of piperidine rings is 1. The number of benzene rings is 2. The maximum atomic E-state index is 13.1. The Bertz CT molecular complexity index is 1080. The Hall–Kier alpha value is -1.93. The molecule has 0 saturated carbocycles. The minimum atomic E-state index is -4.76. The number of hydrogen-bond donors (Lipinski definition) is 0. The van der Waals surface area contributed by atoms with E-state index in [1.165, 1.54) is 18.2 Å². The molecular formula is C19H16ClF3N2O2S2. The van der Waals surface area contributed by atoms with E-state index >= 15 is 0 Å². The number of alkyl halides is 3. The van der Waals surface area contributed by atoms with Gasteiger partial charge in [-0.3, -0.25) is 0 Å². The Morgan fingerprint density at radius 2 is 1.66 bits per heavy atom. The number of halogens is 4. The zero-order valence-corrected chi connectivity index (χ0v) is 17.4. The summed E-state index contributed by atoms with van der Waals surface area (Å²) in [5.74, 6) is 0. The molecule has 0 bridgehead atoms. The Morgan fingerprint density at radius 1 is 1.03 bits per heavy atom. The van der Waals surface area contributed by atoms with Gasteiger partial charge in [-0.1, -0.05) is 11.6 Å². The quantitative estimate of drug-likeness (QED) is 0.420. The van der Waals surface area contributed by atoms with Gasteiger partial charge in [0.25, 0.3) is 0 Å². The number of sulfone groups is 1. The Morgan fingerprint density at radius 3 is 2.28 bits per heavy atom. The third-order valence-corrected chi connectivity index (χ3v) is 6.84. The highest BCUT2D eigenvalue weighted by molar-refractivity contribution is 7.91. The van der Waals surface area contributed by atoms with Crippen molar-refractivity contribution in [2.45, 2.75) is 35.2 Å². The van der Waals surface area contributed by atoms with Gasteiger partial charge in [-0.2, -0.15) is 18.2 Å². The van der Waals surface area contributed by atoms with Crippen LogP contribution in [-0.2, 0) is 16.0 Å². The predicted octanol–water partition coefficient (Wildman–Crippen LogP) is 5.92. The fourth-order valence-electron chi connectivity index (χ4n) is 3.23. The predicted molar refractivity (Wildman–Crippen MR) is 109 cm³/mol. The van der Waals surface area contributed by atoms with Gasteiger partial charge in [0.05, 0.1) is 36.9 Å². The average molecular weight is 461 g/mol. The van der Waals surface area contributed by atoms with Gasteiger partial charge in [-0.25, -0.2) is 8.42 Å². The highest BCUT2D eigenvalue weighted by Gasteiger charge is 2.35. The summed E-state index contributed by atoms with van der Waals surface area (Å²) in [6, 6.07) is 6.77. The molecule has 10 heteroatoms. The Labute approximate surface area is 176 Å². The maximum Gasteiger partial charge on any atom is 0.417 e. The monoisotopic (exact) mass is 460 g/mol. The summed E-state index contributed by atoms with van der Waals surface area (Å²) in [7, 11) is -4.20. The maximum absolute atomic E-state index is 13.1. The second kappa shape index (κ2) is 8.44. The molecule has 0 unspecified atom stereocenters. The van der Waals surface area contributed by atoms with E-state index in [0.717, 1.165) is 44.5 Å². The van der Waals surface area contributed by atoms with Gasteiger partial charge in [0.2, 0.25) is 9.84 Å². The van der Waals surface area contributed by atoms with Crippen LogP contribution in [-0.4, -0.2) is 26.7 Å². The van der Waals surface area contributed by atoms with Crippen molar-refractivity contribution >= 4 is 50.2 Å².